The average molecular weight is 687 g/mol. The third-order valence-corrected chi connectivity index (χ3v) is 8.08. The van der Waals surface area contributed by atoms with E-state index in [2.05, 4.69) is 19.8 Å². The average Bonchev–Trinajstić information content (AvgIpc) is 3.31. The highest BCUT2D eigenvalue weighted by Crippen LogP contribution is 2.35. The molecule has 242 valence electrons. The molecule has 11 nitrogen and oxygen atoms in total. The largest absolute Gasteiger partial charge is 0.321 e. The fraction of sp³-hybridized carbons (Fsp3) is 0.167. The lowest BCUT2D eigenvalue weighted by atomic mass is 10.0. The smallest absolute Gasteiger partial charge is 0.280 e. The van der Waals surface area contributed by atoms with Crippen molar-refractivity contribution < 1.29 is 26.0 Å². The molecule has 0 aliphatic carbocycles. The first-order valence-corrected chi connectivity index (χ1v) is 16.0. The lowest BCUT2D eigenvalue weighted by Crippen LogP contribution is -2.30. The molecular weight excluding hydrogens is 664 g/mol. The molecule has 1 unspecified atom stereocenters. The quantitative estimate of drug-likeness (QED) is 0.207. The predicted octanol–water partition coefficient (Wildman–Crippen LogP) is 5.21. The van der Waals surface area contributed by atoms with Gasteiger partial charge < -0.3 is 5.73 Å². The highest BCUT2D eigenvalue weighted by atomic mass is 35.5. The lowest BCUT2D eigenvalue weighted by molar-refractivity contribution is 0.146. The lowest BCUT2D eigenvalue weighted by Gasteiger charge is -2.20. The number of hydrogen-bond donors (Lipinski definition) is 2. The summed E-state index contributed by atoms with van der Waals surface area (Å²) in [6.07, 6.45) is -0.866. The van der Waals surface area contributed by atoms with E-state index in [1.54, 1.807) is 0 Å². The Kier molecular flexibility index (Phi) is 8.19. The van der Waals surface area contributed by atoms with Crippen molar-refractivity contribution in [1.29, 1.82) is 0 Å². The maximum Gasteiger partial charge on any atom is 0.280 e. The van der Waals surface area contributed by atoms with Crippen LogP contribution in [0.2, 0.25) is 5.02 Å². The third kappa shape index (κ3) is 6.26. The monoisotopic (exact) mass is 686 g/mol. The molecule has 0 spiro atoms. The van der Waals surface area contributed by atoms with Crippen molar-refractivity contribution in [2.24, 2.45) is 12.8 Å². The van der Waals surface area contributed by atoms with Gasteiger partial charge in [0.05, 0.1) is 44.8 Å². The van der Waals surface area contributed by atoms with Crippen LogP contribution in [0.5, 0.6) is 0 Å². The first kappa shape index (κ1) is 32.0. The maximum absolute atomic E-state index is 14.3. The predicted molar refractivity (Wildman–Crippen MR) is 168 cm³/mol. The number of halogens is 5. The first-order chi connectivity index (χ1) is 22.2. The number of aromatic nitrogens is 6. The number of fused-ring (bicyclic) bond motifs is 2. The maximum atomic E-state index is 14.3. The van der Waals surface area contributed by atoms with E-state index < -0.39 is 45.4 Å². The van der Waals surface area contributed by atoms with E-state index in [1.807, 2.05) is 0 Å². The molecule has 17 heteroatoms. The fourth-order valence-electron chi connectivity index (χ4n) is 5.32. The minimum atomic E-state index is -3.78. The van der Waals surface area contributed by atoms with Gasteiger partial charge in [0, 0.05) is 24.9 Å². The first-order valence-electron chi connectivity index (χ1n) is 13.7. The van der Waals surface area contributed by atoms with E-state index in [0.29, 0.717) is 6.07 Å². The summed E-state index contributed by atoms with van der Waals surface area (Å²) in [6, 6.07) is 10.2. The van der Waals surface area contributed by atoms with Gasteiger partial charge >= 0.3 is 0 Å². The molecule has 0 fully saturated rings. The van der Waals surface area contributed by atoms with E-state index in [4.69, 9.17) is 22.3 Å². The van der Waals surface area contributed by atoms with Gasteiger partial charge in [-0.1, -0.05) is 17.7 Å². The van der Waals surface area contributed by atoms with E-state index in [9.17, 15) is 30.8 Å². The summed E-state index contributed by atoms with van der Waals surface area (Å²) in [7, 11) is -2.26. The Hall–Kier alpha value is -4.93. The minimum absolute atomic E-state index is 0.0306. The van der Waals surface area contributed by atoms with Crippen LogP contribution in [0.3, 0.4) is 0 Å². The van der Waals surface area contributed by atoms with Crippen molar-refractivity contribution in [3.8, 4) is 17.1 Å². The molecule has 0 radical (unpaired) electrons. The second kappa shape index (κ2) is 12.0. The second-order valence-electron chi connectivity index (χ2n) is 10.7. The number of anilines is 1. The number of nitrogens with zero attached hydrogens (tertiary/aromatic N) is 6. The van der Waals surface area contributed by atoms with Crippen LogP contribution in [0.15, 0.2) is 65.6 Å². The molecule has 0 saturated carbocycles. The Morgan fingerprint density at radius 3 is 2.43 bits per heavy atom. The Balaban J connectivity index is 1.62. The van der Waals surface area contributed by atoms with Crippen LogP contribution >= 0.6 is 11.6 Å². The van der Waals surface area contributed by atoms with Crippen LogP contribution in [0.4, 0.5) is 23.4 Å². The molecule has 0 aliphatic rings. The molecule has 0 aliphatic heterocycles. The number of alkyl halides is 2. The van der Waals surface area contributed by atoms with Gasteiger partial charge in [-0.3, -0.25) is 18.8 Å². The molecule has 0 amide bonds. The van der Waals surface area contributed by atoms with Crippen molar-refractivity contribution in [3.05, 3.63) is 105 Å². The zero-order valence-corrected chi connectivity index (χ0v) is 26.0. The summed E-state index contributed by atoms with van der Waals surface area (Å²) >= 11 is 6.50. The molecule has 3 heterocycles. The van der Waals surface area contributed by atoms with Crippen LogP contribution in [-0.2, 0) is 23.5 Å². The molecule has 3 N–H and O–H groups in total. The summed E-state index contributed by atoms with van der Waals surface area (Å²) in [5, 5.41) is 4.66. The summed E-state index contributed by atoms with van der Waals surface area (Å²) < 4.78 is 83.8. The number of nitrogens with one attached hydrogen (secondary N) is 1. The SMILES string of the molecule is Cn1nc(NS(C)(=O)=O)c2c(Cl)ccc(-n3c(C(N)Cc4cc(F)cc(F)c4)nc4cc(-c5nccc(C(F)F)n5)ccc4c3=O)c21. The van der Waals surface area contributed by atoms with Gasteiger partial charge in [-0.05, 0) is 54.4 Å². The number of rotatable bonds is 8. The van der Waals surface area contributed by atoms with E-state index in [0.717, 1.165) is 24.5 Å². The highest BCUT2D eigenvalue weighted by molar-refractivity contribution is 7.92. The molecule has 3 aromatic carbocycles. The van der Waals surface area contributed by atoms with E-state index >= 15 is 0 Å². The Morgan fingerprint density at radius 2 is 1.74 bits per heavy atom. The van der Waals surface area contributed by atoms with Crippen LogP contribution in [0.25, 0.3) is 38.9 Å². The van der Waals surface area contributed by atoms with Crippen LogP contribution in [0, 0.1) is 11.6 Å². The highest BCUT2D eigenvalue weighted by Gasteiger charge is 2.25. The molecule has 1 atom stereocenters. The number of hydrogen-bond acceptors (Lipinski definition) is 8. The Labute approximate surface area is 268 Å². The van der Waals surface area contributed by atoms with Crippen LogP contribution in [-0.4, -0.2) is 44.0 Å². The number of benzene rings is 3. The number of sulfonamides is 1. The van der Waals surface area contributed by atoms with Crippen LogP contribution in [0.1, 0.15) is 29.5 Å². The summed E-state index contributed by atoms with van der Waals surface area (Å²) in [4.78, 5) is 27.0. The van der Waals surface area contributed by atoms with Gasteiger partial charge in [0.15, 0.2) is 11.6 Å². The standard InChI is InChI=1S/C30H23ClF4N8O3S/c1-42-25-23(6-5-19(31)24(25)28(40-42)41-47(2,45)46)43-29(20(36)11-14-9-16(32)13-17(33)10-14)39-22-12-15(3-4-18(22)30(43)44)27-37-8-7-21(38-27)26(34)35/h3-10,12-13,20,26H,11,36H2,1-2H3,(H,40,41). The van der Waals surface area contributed by atoms with Gasteiger partial charge in [-0.2, -0.15) is 5.10 Å². The van der Waals surface area contributed by atoms with Gasteiger partial charge in [0.25, 0.3) is 12.0 Å². The molecule has 6 rings (SSSR count). The van der Waals surface area contributed by atoms with Crippen molar-refractivity contribution >= 4 is 49.2 Å². The second-order valence-corrected chi connectivity index (χ2v) is 12.8. The fourth-order valence-corrected chi connectivity index (χ4v) is 6.05. The normalized spacial score (nSPS) is 12.7. The van der Waals surface area contributed by atoms with Crippen molar-refractivity contribution in [2.45, 2.75) is 18.9 Å². The zero-order chi connectivity index (χ0) is 33.8. The molecule has 0 bridgehead atoms. The summed E-state index contributed by atoms with van der Waals surface area (Å²) in [5.74, 6) is -1.82. The minimum Gasteiger partial charge on any atom is -0.321 e. The number of aryl methyl sites for hydroxylation is 1. The zero-order valence-electron chi connectivity index (χ0n) is 24.4. The van der Waals surface area contributed by atoms with E-state index in [1.165, 1.54) is 52.8 Å². The topological polar surface area (TPSA) is 151 Å². The summed E-state index contributed by atoms with van der Waals surface area (Å²) in [6.45, 7) is 0. The molecule has 47 heavy (non-hydrogen) atoms. The van der Waals surface area contributed by atoms with Crippen molar-refractivity contribution in [1.82, 2.24) is 29.3 Å². The number of nitrogens with two attached hydrogens (primary N) is 1. The molecule has 3 aromatic heterocycles. The van der Waals surface area contributed by atoms with Gasteiger partial charge in [-0.15, -0.1) is 0 Å². The van der Waals surface area contributed by atoms with Gasteiger partial charge in [0.1, 0.15) is 23.2 Å². The van der Waals surface area contributed by atoms with Crippen molar-refractivity contribution in [2.75, 3.05) is 11.0 Å². The summed E-state index contributed by atoms with van der Waals surface area (Å²) in [5.41, 5.74) is 6.50. The van der Waals surface area contributed by atoms with Gasteiger partial charge in [0.2, 0.25) is 10.0 Å². The van der Waals surface area contributed by atoms with Crippen molar-refractivity contribution in [3.63, 3.8) is 0 Å². The van der Waals surface area contributed by atoms with E-state index in [-0.39, 0.29) is 67.5 Å². The Morgan fingerprint density at radius 1 is 1.02 bits per heavy atom. The van der Waals surface area contributed by atoms with Crippen LogP contribution < -0.4 is 16.0 Å². The molecular formula is C30H23ClF4N8O3S. The molecule has 0 saturated heterocycles. The Bertz CT molecular complexity index is 2360. The third-order valence-electron chi connectivity index (χ3n) is 7.20. The van der Waals surface area contributed by atoms with Gasteiger partial charge in [-0.25, -0.2) is 40.9 Å². The molecule has 6 aromatic rings.